The number of aliphatic hydroxyl groups excluding tert-OH is 1. The van der Waals surface area contributed by atoms with E-state index in [1.165, 1.54) is 0 Å². The van der Waals surface area contributed by atoms with Crippen molar-refractivity contribution >= 4 is 11.8 Å². The van der Waals surface area contributed by atoms with Gasteiger partial charge in [0.2, 0.25) is 0 Å². The van der Waals surface area contributed by atoms with Crippen molar-refractivity contribution in [1.29, 1.82) is 0 Å². The van der Waals surface area contributed by atoms with Crippen molar-refractivity contribution in [3.63, 3.8) is 0 Å². The maximum atomic E-state index is 9.55. The van der Waals surface area contributed by atoms with Gasteiger partial charge in [0.05, 0.1) is 11.8 Å². The van der Waals surface area contributed by atoms with Crippen LogP contribution in [0.4, 0.5) is 0 Å². The molecule has 1 heterocycles. The Bertz CT molecular complexity index is 251. The van der Waals surface area contributed by atoms with E-state index in [0.717, 1.165) is 17.9 Å². The van der Waals surface area contributed by atoms with Crippen LogP contribution in [0.3, 0.4) is 0 Å². The first-order valence-corrected chi connectivity index (χ1v) is 5.64. The first-order chi connectivity index (χ1) is 6.22. The normalized spacial score (nSPS) is 13.2. The fourth-order valence-electron chi connectivity index (χ4n) is 1.09. The van der Waals surface area contributed by atoms with Crippen molar-refractivity contribution in [3.8, 4) is 0 Å². The van der Waals surface area contributed by atoms with Crippen LogP contribution in [0.5, 0.6) is 0 Å². The summed E-state index contributed by atoms with van der Waals surface area (Å²) in [5.41, 5.74) is 0.858. The molecule has 1 N–H and O–H groups in total. The lowest BCUT2D eigenvalue weighted by atomic mass is 10.2. The molecule has 0 radical (unpaired) electrons. The SMILES string of the molecule is CSCCC(O)Cc1cn(C)nn1. The van der Waals surface area contributed by atoms with Crippen molar-refractivity contribution < 1.29 is 5.11 Å². The summed E-state index contributed by atoms with van der Waals surface area (Å²) in [6, 6.07) is 0. The van der Waals surface area contributed by atoms with E-state index >= 15 is 0 Å². The third-order valence-corrected chi connectivity index (χ3v) is 2.39. The highest BCUT2D eigenvalue weighted by molar-refractivity contribution is 7.98. The molecule has 1 rings (SSSR count). The van der Waals surface area contributed by atoms with E-state index in [1.807, 2.05) is 19.5 Å². The minimum atomic E-state index is -0.288. The highest BCUT2D eigenvalue weighted by Gasteiger charge is 2.07. The molecule has 0 fully saturated rings. The molecule has 1 aromatic heterocycles. The lowest BCUT2D eigenvalue weighted by Gasteiger charge is -2.06. The Kier molecular flexibility index (Phi) is 4.24. The van der Waals surface area contributed by atoms with Crippen molar-refractivity contribution in [2.24, 2.45) is 7.05 Å². The summed E-state index contributed by atoms with van der Waals surface area (Å²) in [7, 11) is 1.82. The van der Waals surface area contributed by atoms with Gasteiger partial charge < -0.3 is 5.11 Å². The largest absolute Gasteiger partial charge is 0.393 e. The molecule has 0 aliphatic rings. The van der Waals surface area contributed by atoms with Crippen LogP contribution in [0.15, 0.2) is 6.20 Å². The maximum Gasteiger partial charge on any atom is 0.0852 e. The fraction of sp³-hybridized carbons (Fsp3) is 0.750. The average molecular weight is 201 g/mol. The van der Waals surface area contributed by atoms with Crippen LogP contribution in [-0.4, -0.2) is 38.2 Å². The molecule has 4 nitrogen and oxygen atoms in total. The van der Waals surface area contributed by atoms with Crippen molar-refractivity contribution in [2.45, 2.75) is 18.9 Å². The molecule has 1 unspecified atom stereocenters. The number of rotatable bonds is 5. The molecule has 5 heteroatoms. The smallest absolute Gasteiger partial charge is 0.0852 e. The van der Waals surface area contributed by atoms with Crippen LogP contribution in [0.1, 0.15) is 12.1 Å². The van der Waals surface area contributed by atoms with E-state index in [1.54, 1.807) is 16.4 Å². The number of thioether (sulfide) groups is 1. The zero-order valence-corrected chi connectivity index (χ0v) is 8.79. The van der Waals surface area contributed by atoms with E-state index in [2.05, 4.69) is 10.3 Å². The van der Waals surface area contributed by atoms with Gasteiger partial charge in [-0.05, 0) is 18.4 Å². The van der Waals surface area contributed by atoms with E-state index in [9.17, 15) is 5.11 Å². The molecule has 0 aliphatic carbocycles. The predicted octanol–water partition coefficient (Wildman–Crippen LogP) is 0.472. The lowest BCUT2D eigenvalue weighted by Crippen LogP contribution is -2.11. The minimum Gasteiger partial charge on any atom is -0.393 e. The van der Waals surface area contributed by atoms with Crippen LogP contribution in [0.2, 0.25) is 0 Å². The number of hydrogen-bond acceptors (Lipinski definition) is 4. The second-order valence-corrected chi connectivity index (χ2v) is 4.01. The lowest BCUT2D eigenvalue weighted by molar-refractivity contribution is 0.171. The van der Waals surface area contributed by atoms with Gasteiger partial charge in [0, 0.05) is 19.7 Å². The Labute approximate surface area is 82.3 Å². The van der Waals surface area contributed by atoms with Crippen LogP contribution in [0.25, 0.3) is 0 Å². The highest BCUT2D eigenvalue weighted by atomic mass is 32.2. The monoisotopic (exact) mass is 201 g/mol. The van der Waals surface area contributed by atoms with E-state index in [4.69, 9.17) is 0 Å². The van der Waals surface area contributed by atoms with E-state index in [0.29, 0.717) is 6.42 Å². The Balaban J connectivity index is 2.31. The minimum absolute atomic E-state index is 0.288. The van der Waals surface area contributed by atoms with Crippen molar-refractivity contribution in [2.75, 3.05) is 12.0 Å². The third kappa shape index (κ3) is 3.78. The standard InChI is InChI=1S/C8H15N3OS/c1-11-6-7(9-10-11)5-8(12)3-4-13-2/h6,8,12H,3-5H2,1-2H3. The van der Waals surface area contributed by atoms with Gasteiger partial charge in [0.1, 0.15) is 0 Å². The summed E-state index contributed by atoms with van der Waals surface area (Å²) in [6.45, 7) is 0. The zero-order chi connectivity index (χ0) is 9.68. The molecular weight excluding hydrogens is 186 g/mol. The third-order valence-electron chi connectivity index (χ3n) is 1.75. The van der Waals surface area contributed by atoms with Crippen LogP contribution < -0.4 is 0 Å². The quantitative estimate of drug-likeness (QED) is 0.752. The van der Waals surface area contributed by atoms with E-state index < -0.39 is 0 Å². The first-order valence-electron chi connectivity index (χ1n) is 4.24. The van der Waals surface area contributed by atoms with Crippen molar-refractivity contribution in [1.82, 2.24) is 15.0 Å². The summed E-state index contributed by atoms with van der Waals surface area (Å²) in [5, 5.41) is 17.3. The Morgan fingerprint density at radius 3 is 3.00 bits per heavy atom. The van der Waals surface area contributed by atoms with Gasteiger partial charge >= 0.3 is 0 Å². The maximum absolute atomic E-state index is 9.55. The van der Waals surface area contributed by atoms with Gasteiger partial charge in [-0.2, -0.15) is 11.8 Å². The number of aryl methyl sites for hydroxylation is 1. The molecule has 13 heavy (non-hydrogen) atoms. The summed E-state index contributed by atoms with van der Waals surface area (Å²) in [5.74, 6) is 0.988. The number of nitrogens with zero attached hydrogens (tertiary/aromatic N) is 3. The number of aliphatic hydroxyl groups is 1. The molecule has 74 valence electrons. The molecule has 0 amide bonds. The number of hydrogen-bond donors (Lipinski definition) is 1. The Morgan fingerprint density at radius 2 is 2.46 bits per heavy atom. The fourth-order valence-corrected chi connectivity index (χ4v) is 1.59. The van der Waals surface area contributed by atoms with Gasteiger partial charge in [0.15, 0.2) is 0 Å². The Hall–Kier alpha value is -0.550. The van der Waals surface area contributed by atoms with Crippen LogP contribution in [-0.2, 0) is 13.5 Å². The molecule has 0 bridgehead atoms. The van der Waals surface area contributed by atoms with Crippen LogP contribution >= 0.6 is 11.8 Å². The summed E-state index contributed by atoms with van der Waals surface area (Å²) in [6.07, 6.45) is 5.01. The van der Waals surface area contributed by atoms with Gasteiger partial charge in [-0.1, -0.05) is 5.21 Å². The molecule has 1 aromatic rings. The van der Waals surface area contributed by atoms with E-state index in [-0.39, 0.29) is 6.10 Å². The van der Waals surface area contributed by atoms with Gasteiger partial charge in [-0.3, -0.25) is 4.68 Å². The molecule has 0 saturated heterocycles. The highest BCUT2D eigenvalue weighted by Crippen LogP contribution is 2.05. The number of aromatic nitrogens is 3. The summed E-state index contributed by atoms with van der Waals surface area (Å²) in [4.78, 5) is 0. The second-order valence-electron chi connectivity index (χ2n) is 3.02. The van der Waals surface area contributed by atoms with Gasteiger partial charge in [-0.25, -0.2) is 0 Å². The zero-order valence-electron chi connectivity index (χ0n) is 7.97. The summed E-state index contributed by atoms with van der Waals surface area (Å²) >= 11 is 1.74. The molecule has 0 saturated carbocycles. The van der Waals surface area contributed by atoms with Crippen molar-refractivity contribution in [3.05, 3.63) is 11.9 Å². The average Bonchev–Trinajstić information content (AvgIpc) is 2.48. The second kappa shape index (κ2) is 5.24. The molecule has 1 atom stereocenters. The Morgan fingerprint density at radius 1 is 1.69 bits per heavy atom. The molecule has 0 aliphatic heterocycles. The molecular formula is C8H15N3OS. The predicted molar refractivity (Wildman–Crippen MR) is 53.7 cm³/mol. The molecule has 0 spiro atoms. The van der Waals surface area contributed by atoms with Gasteiger partial charge in [-0.15, -0.1) is 5.10 Å². The summed E-state index contributed by atoms with van der Waals surface area (Å²) < 4.78 is 1.65. The first kappa shape index (κ1) is 10.5. The van der Waals surface area contributed by atoms with Gasteiger partial charge in [0.25, 0.3) is 0 Å². The topological polar surface area (TPSA) is 50.9 Å². The molecule has 0 aromatic carbocycles. The van der Waals surface area contributed by atoms with Crippen LogP contribution in [0, 0.1) is 0 Å².